The maximum absolute atomic E-state index is 12.0. The van der Waals surface area contributed by atoms with Crippen LogP contribution in [0.1, 0.15) is 10.4 Å². The van der Waals surface area contributed by atoms with Crippen molar-refractivity contribution in [1.82, 2.24) is 0 Å². The molecule has 0 N–H and O–H groups in total. The van der Waals surface area contributed by atoms with E-state index in [-0.39, 0.29) is 17.2 Å². The Balaban J connectivity index is 2.04. The molecule has 0 atom stereocenters. The minimum atomic E-state index is -0.505. The second-order valence-corrected chi connectivity index (χ2v) is 5.95. The molecule has 0 amide bonds. The number of ketones is 1. The van der Waals surface area contributed by atoms with Gasteiger partial charge in [-0.1, -0.05) is 23.2 Å². The SMILES string of the molecule is O=C(CSc1cc(Cl)ccc1Cl)c1ccc([N+](=O)[O-])cc1. The summed E-state index contributed by atoms with van der Waals surface area (Å²) in [6, 6.07) is 10.5. The van der Waals surface area contributed by atoms with Crippen molar-refractivity contribution in [3.05, 3.63) is 68.2 Å². The van der Waals surface area contributed by atoms with Gasteiger partial charge in [0.25, 0.3) is 5.69 Å². The minimum absolute atomic E-state index is 0.0444. The van der Waals surface area contributed by atoms with Gasteiger partial charge in [0.15, 0.2) is 5.78 Å². The van der Waals surface area contributed by atoms with Crippen molar-refractivity contribution in [2.24, 2.45) is 0 Å². The molecule has 2 aromatic rings. The quantitative estimate of drug-likeness (QED) is 0.336. The molecule has 21 heavy (non-hydrogen) atoms. The largest absolute Gasteiger partial charge is 0.293 e. The fourth-order valence-corrected chi connectivity index (χ4v) is 2.97. The monoisotopic (exact) mass is 341 g/mol. The smallest absolute Gasteiger partial charge is 0.269 e. The molecule has 0 saturated carbocycles. The highest BCUT2D eigenvalue weighted by Crippen LogP contribution is 2.30. The molecule has 7 heteroatoms. The Bertz CT molecular complexity index is 689. The van der Waals surface area contributed by atoms with Crippen molar-refractivity contribution < 1.29 is 9.72 Å². The molecule has 2 aromatic carbocycles. The maximum atomic E-state index is 12.0. The van der Waals surface area contributed by atoms with Gasteiger partial charge < -0.3 is 0 Å². The van der Waals surface area contributed by atoms with Gasteiger partial charge >= 0.3 is 0 Å². The number of non-ortho nitro benzene ring substituents is 1. The van der Waals surface area contributed by atoms with Gasteiger partial charge in [0.05, 0.1) is 15.7 Å². The molecule has 0 heterocycles. The molecular formula is C14H9Cl2NO3S. The number of carbonyl (C=O) groups excluding carboxylic acids is 1. The van der Waals surface area contributed by atoms with Crippen molar-refractivity contribution in [2.45, 2.75) is 4.90 Å². The number of hydrogen-bond acceptors (Lipinski definition) is 4. The fourth-order valence-electron chi connectivity index (χ4n) is 1.58. The first kappa shape index (κ1) is 15.8. The maximum Gasteiger partial charge on any atom is 0.269 e. The van der Waals surface area contributed by atoms with E-state index >= 15 is 0 Å². The summed E-state index contributed by atoms with van der Waals surface area (Å²) in [7, 11) is 0. The minimum Gasteiger partial charge on any atom is -0.293 e. The topological polar surface area (TPSA) is 60.2 Å². The van der Waals surface area contributed by atoms with Crippen LogP contribution in [0.2, 0.25) is 10.0 Å². The zero-order chi connectivity index (χ0) is 15.4. The number of benzene rings is 2. The van der Waals surface area contributed by atoms with Crippen molar-refractivity contribution in [2.75, 3.05) is 5.75 Å². The van der Waals surface area contributed by atoms with Gasteiger partial charge in [-0.25, -0.2) is 0 Å². The molecule has 0 aliphatic carbocycles. The van der Waals surface area contributed by atoms with Crippen LogP contribution in [0.15, 0.2) is 47.4 Å². The Morgan fingerprint density at radius 1 is 1.14 bits per heavy atom. The highest BCUT2D eigenvalue weighted by molar-refractivity contribution is 8.00. The average Bonchev–Trinajstić information content (AvgIpc) is 2.48. The highest BCUT2D eigenvalue weighted by Gasteiger charge is 2.11. The molecular weight excluding hydrogens is 333 g/mol. The number of halogens is 2. The second-order valence-electron chi connectivity index (χ2n) is 4.09. The Labute approximate surface area is 135 Å². The molecule has 108 valence electrons. The van der Waals surface area contributed by atoms with Gasteiger partial charge in [-0.15, -0.1) is 11.8 Å². The van der Waals surface area contributed by atoms with E-state index in [4.69, 9.17) is 23.2 Å². The summed E-state index contributed by atoms with van der Waals surface area (Å²) in [5.74, 6) is 0.0451. The van der Waals surface area contributed by atoms with Crippen LogP contribution in [0.5, 0.6) is 0 Å². The summed E-state index contributed by atoms with van der Waals surface area (Å²) in [5, 5.41) is 11.6. The molecule has 0 aromatic heterocycles. The molecule has 0 radical (unpaired) electrons. The normalized spacial score (nSPS) is 10.4. The van der Waals surface area contributed by atoms with Crippen molar-refractivity contribution in [3.63, 3.8) is 0 Å². The van der Waals surface area contributed by atoms with E-state index in [0.29, 0.717) is 15.6 Å². The van der Waals surface area contributed by atoms with Gasteiger partial charge in [-0.05, 0) is 30.3 Å². The third-order valence-electron chi connectivity index (χ3n) is 2.65. The number of nitro groups is 1. The molecule has 0 unspecified atom stereocenters. The zero-order valence-corrected chi connectivity index (χ0v) is 12.9. The van der Waals surface area contributed by atoms with E-state index < -0.39 is 4.92 Å². The van der Waals surface area contributed by atoms with Crippen LogP contribution in [0.3, 0.4) is 0 Å². The van der Waals surface area contributed by atoms with Crippen molar-refractivity contribution in [3.8, 4) is 0 Å². The molecule has 0 bridgehead atoms. The number of rotatable bonds is 5. The standard InChI is InChI=1S/C14H9Cl2NO3S/c15-10-3-6-12(16)14(7-10)21-8-13(18)9-1-4-11(5-2-9)17(19)20/h1-7H,8H2. The first-order chi connectivity index (χ1) is 9.97. The molecule has 0 aliphatic rings. The van der Waals surface area contributed by atoms with Crippen molar-refractivity contribution >= 4 is 46.4 Å². The number of nitro benzene ring substituents is 1. The van der Waals surface area contributed by atoms with E-state index in [0.717, 1.165) is 4.90 Å². The molecule has 0 saturated heterocycles. The molecule has 0 fully saturated rings. The van der Waals surface area contributed by atoms with Gasteiger partial charge in [0.2, 0.25) is 0 Å². The van der Waals surface area contributed by atoms with Crippen LogP contribution in [0.4, 0.5) is 5.69 Å². The zero-order valence-electron chi connectivity index (χ0n) is 10.6. The summed E-state index contributed by atoms with van der Waals surface area (Å²) >= 11 is 13.2. The van der Waals surface area contributed by atoms with Crippen molar-refractivity contribution in [1.29, 1.82) is 0 Å². The lowest BCUT2D eigenvalue weighted by molar-refractivity contribution is -0.384. The molecule has 4 nitrogen and oxygen atoms in total. The van der Waals surface area contributed by atoms with Gasteiger partial charge in [-0.3, -0.25) is 14.9 Å². The van der Waals surface area contributed by atoms with Crippen LogP contribution in [0, 0.1) is 10.1 Å². The summed E-state index contributed by atoms with van der Waals surface area (Å²) in [6.45, 7) is 0. The van der Waals surface area contributed by atoms with E-state index in [9.17, 15) is 14.9 Å². The first-order valence-electron chi connectivity index (χ1n) is 5.83. The lowest BCUT2D eigenvalue weighted by Crippen LogP contribution is -2.02. The van der Waals surface area contributed by atoms with Gasteiger partial charge in [-0.2, -0.15) is 0 Å². The number of Topliss-reactive ketones (excluding diaryl/α,β-unsaturated/α-hetero) is 1. The fraction of sp³-hybridized carbons (Fsp3) is 0.0714. The number of carbonyl (C=O) groups is 1. The summed E-state index contributed by atoms with van der Waals surface area (Å²) in [4.78, 5) is 22.8. The Morgan fingerprint density at radius 2 is 1.81 bits per heavy atom. The molecule has 0 aliphatic heterocycles. The van der Waals surface area contributed by atoms with Crippen LogP contribution in [-0.2, 0) is 0 Å². The van der Waals surface area contributed by atoms with Crippen LogP contribution >= 0.6 is 35.0 Å². The summed E-state index contributed by atoms with van der Waals surface area (Å²) in [6.07, 6.45) is 0. The first-order valence-corrected chi connectivity index (χ1v) is 7.57. The Kier molecular flexibility index (Phi) is 5.22. The average molecular weight is 342 g/mol. The predicted molar refractivity (Wildman–Crippen MR) is 84.6 cm³/mol. The molecule has 2 rings (SSSR count). The number of nitrogens with zero attached hydrogens (tertiary/aromatic N) is 1. The number of hydrogen-bond donors (Lipinski definition) is 0. The van der Waals surface area contributed by atoms with E-state index in [1.165, 1.54) is 36.0 Å². The van der Waals surface area contributed by atoms with Crippen LogP contribution in [0.25, 0.3) is 0 Å². The van der Waals surface area contributed by atoms with Crippen LogP contribution < -0.4 is 0 Å². The van der Waals surface area contributed by atoms with E-state index in [1.807, 2.05) is 0 Å². The van der Waals surface area contributed by atoms with Gasteiger partial charge in [0, 0.05) is 27.6 Å². The lowest BCUT2D eigenvalue weighted by Gasteiger charge is -2.04. The second kappa shape index (κ2) is 6.93. The summed E-state index contributed by atoms with van der Waals surface area (Å²) < 4.78 is 0. The molecule has 0 spiro atoms. The highest BCUT2D eigenvalue weighted by atomic mass is 35.5. The Morgan fingerprint density at radius 3 is 2.43 bits per heavy atom. The third-order valence-corrected chi connectivity index (χ3v) is 4.38. The van der Waals surface area contributed by atoms with Gasteiger partial charge in [0.1, 0.15) is 0 Å². The predicted octanol–water partition coefficient (Wildman–Crippen LogP) is 4.88. The summed E-state index contributed by atoms with van der Waals surface area (Å²) in [5.41, 5.74) is 0.378. The van der Waals surface area contributed by atoms with Crippen LogP contribution in [-0.4, -0.2) is 16.5 Å². The van der Waals surface area contributed by atoms with E-state index in [1.54, 1.807) is 18.2 Å². The Hall–Kier alpha value is -1.56. The number of thioether (sulfide) groups is 1. The lowest BCUT2D eigenvalue weighted by atomic mass is 10.1. The third kappa shape index (κ3) is 4.20. The van der Waals surface area contributed by atoms with E-state index in [2.05, 4.69) is 0 Å².